The van der Waals surface area contributed by atoms with Crippen molar-refractivity contribution in [2.45, 2.75) is 26.3 Å². The van der Waals surface area contributed by atoms with E-state index in [1.54, 1.807) is 43.3 Å². The van der Waals surface area contributed by atoms with E-state index in [0.717, 1.165) is 5.52 Å². The molecule has 158 valence electrons. The third-order valence-electron chi connectivity index (χ3n) is 6.12. The fraction of sp³-hybridized carbons (Fsp3) is 0.250. The lowest BCUT2D eigenvalue weighted by Crippen LogP contribution is -2.35. The molecule has 0 N–H and O–H groups in total. The minimum absolute atomic E-state index is 0.187. The summed E-state index contributed by atoms with van der Waals surface area (Å²) in [4.78, 5) is 28.8. The van der Waals surface area contributed by atoms with Crippen LogP contribution in [0.2, 0.25) is 5.02 Å². The summed E-state index contributed by atoms with van der Waals surface area (Å²) in [6.07, 6.45) is 0. The molecule has 1 aromatic heterocycles. The van der Waals surface area contributed by atoms with E-state index in [-0.39, 0.29) is 17.6 Å². The van der Waals surface area contributed by atoms with Crippen LogP contribution < -0.4 is 10.3 Å². The van der Waals surface area contributed by atoms with Gasteiger partial charge in [0.1, 0.15) is 11.6 Å². The Hall–Kier alpha value is -3.12. The number of anilines is 1. The topological polar surface area (TPSA) is 51.5 Å². The molecule has 3 aromatic rings. The number of fused-ring (bicyclic) bond motifs is 2. The SMILES string of the molecule is CCOC(=O)C1=C(C)N2CCn3c2c(c(=O)c2ccc(Cl)cc23)C1c1ccccc1F. The number of aromatic nitrogens is 1. The predicted molar refractivity (Wildman–Crippen MR) is 118 cm³/mol. The highest BCUT2D eigenvalue weighted by Crippen LogP contribution is 2.47. The van der Waals surface area contributed by atoms with Crippen molar-refractivity contribution in [2.24, 2.45) is 0 Å². The minimum atomic E-state index is -0.858. The van der Waals surface area contributed by atoms with Crippen LogP contribution in [-0.4, -0.2) is 23.7 Å². The summed E-state index contributed by atoms with van der Waals surface area (Å²) < 4.78 is 22.4. The van der Waals surface area contributed by atoms with Crippen LogP contribution in [0.3, 0.4) is 0 Å². The number of hydrogen-bond acceptors (Lipinski definition) is 4. The average Bonchev–Trinajstić information content (AvgIpc) is 3.19. The van der Waals surface area contributed by atoms with Gasteiger partial charge in [0.25, 0.3) is 0 Å². The fourth-order valence-corrected chi connectivity index (χ4v) is 5.00. The first-order valence-corrected chi connectivity index (χ1v) is 10.6. The zero-order valence-electron chi connectivity index (χ0n) is 17.1. The van der Waals surface area contributed by atoms with Crippen LogP contribution in [0.25, 0.3) is 10.9 Å². The van der Waals surface area contributed by atoms with E-state index in [2.05, 4.69) is 0 Å². The van der Waals surface area contributed by atoms with E-state index in [0.29, 0.717) is 46.1 Å². The molecule has 2 aliphatic heterocycles. The smallest absolute Gasteiger partial charge is 0.336 e. The van der Waals surface area contributed by atoms with Crippen molar-refractivity contribution in [3.63, 3.8) is 0 Å². The number of nitrogens with zero attached hydrogens (tertiary/aromatic N) is 2. The summed E-state index contributed by atoms with van der Waals surface area (Å²) in [5, 5.41) is 1.03. The van der Waals surface area contributed by atoms with Gasteiger partial charge in [0.2, 0.25) is 0 Å². The second-order valence-corrected chi connectivity index (χ2v) is 8.14. The van der Waals surface area contributed by atoms with Crippen molar-refractivity contribution in [3.05, 3.63) is 85.9 Å². The van der Waals surface area contributed by atoms with Crippen molar-refractivity contribution >= 4 is 34.3 Å². The molecular weight excluding hydrogens is 419 g/mol. The Kier molecular flexibility index (Phi) is 4.63. The van der Waals surface area contributed by atoms with Crippen molar-refractivity contribution < 1.29 is 13.9 Å². The van der Waals surface area contributed by atoms with Gasteiger partial charge in [-0.3, -0.25) is 4.79 Å². The van der Waals surface area contributed by atoms with Gasteiger partial charge in [-0.1, -0.05) is 29.8 Å². The summed E-state index contributed by atoms with van der Waals surface area (Å²) in [6.45, 7) is 4.95. The second kappa shape index (κ2) is 7.24. The van der Waals surface area contributed by atoms with Gasteiger partial charge >= 0.3 is 5.97 Å². The van der Waals surface area contributed by atoms with Crippen LogP contribution in [0.15, 0.2) is 58.5 Å². The number of benzene rings is 2. The predicted octanol–water partition coefficient (Wildman–Crippen LogP) is 4.60. The lowest BCUT2D eigenvalue weighted by Gasteiger charge is -2.35. The van der Waals surface area contributed by atoms with Crippen molar-refractivity contribution in [3.8, 4) is 0 Å². The van der Waals surface area contributed by atoms with E-state index < -0.39 is 17.7 Å². The number of allylic oxidation sites excluding steroid dienone is 1. The normalized spacial score (nSPS) is 17.3. The summed E-state index contributed by atoms with van der Waals surface area (Å²) in [5.41, 5.74) is 2.16. The fourth-order valence-electron chi connectivity index (χ4n) is 4.83. The molecule has 7 heteroatoms. The molecule has 0 saturated heterocycles. The Morgan fingerprint density at radius 1 is 1.23 bits per heavy atom. The zero-order valence-corrected chi connectivity index (χ0v) is 17.9. The number of carbonyl (C=O) groups is 1. The Labute approximate surface area is 183 Å². The monoisotopic (exact) mass is 438 g/mol. The Balaban J connectivity index is 1.91. The molecule has 5 rings (SSSR count). The van der Waals surface area contributed by atoms with E-state index in [1.165, 1.54) is 6.07 Å². The molecule has 0 aliphatic carbocycles. The maximum absolute atomic E-state index is 15.0. The molecule has 0 saturated carbocycles. The Morgan fingerprint density at radius 3 is 2.74 bits per heavy atom. The number of carbonyl (C=O) groups excluding carboxylic acids is 1. The van der Waals surface area contributed by atoms with Gasteiger partial charge in [0.05, 0.1) is 29.2 Å². The van der Waals surface area contributed by atoms with Gasteiger partial charge in [-0.2, -0.15) is 0 Å². The molecule has 0 spiro atoms. The zero-order chi connectivity index (χ0) is 21.9. The highest BCUT2D eigenvalue weighted by Gasteiger charge is 2.43. The Morgan fingerprint density at radius 2 is 2.00 bits per heavy atom. The van der Waals surface area contributed by atoms with Crippen LogP contribution in [-0.2, 0) is 16.1 Å². The summed E-state index contributed by atoms with van der Waals surface area (Å²) in [7, 11) is 0. The molecule has 1 unspecified atom stereocenters. The van der Waals surface area contributed by atoms with E-state index in [4.69, 9.17) is 16.3 Å². The molecule has 0 fully saturated rings. The van der Waals surface area contributed by atoms with Crippen molar-refractivity contribution in [1.82, 2.24) is 4.57 Å². The molecule has 3 heterocycles. The average molecular weight is 439 g/mol. The van der Waals surface area contributed by atoms with Crippen LogP contribution in [0.5, 0.6) is 0 Å². The number of ether oxygens (including phenoxy) is 1. The first-order valence-electron chi connectivity index (χ1n) is 10.2. The van der Waals surface area contributed by atoms with Gasteiger partial charge in [-0.15, -0.1) is 0 Å². The van der Waals surface area contributed by atoms with Crippen LogP contribution in [0.4, 0.5) is 10.2 Å². The summed E-state index contributed by atoms with van der Waals surface area (Å²) in [5.74, 6) is -1.17. The first kappa shape index (κ1) is 19.8. The van der Waals surface area contributed by atoms with Gasteiger partial charge in [-0.05, 0) is 38.1 Å². The molecule has 2 aromatic carbocycles. The molecule has 31 heavy (non-hydrogen) atoms. The second-order valence-electron chi connectivity index (χ2n) is 7.71. The number of pyridine rings is 1. The Bertz CT molecular complexity index is 1340. The number of hydrogen-bond donors (Lipinski definition) is 0. The van der Waals surface area contributed by atoms with Crippen molar-refractivity contribution in [2.75, 3.05) is 18.1 Å². The first-order chi connectivity index (χ1) is 14.9. The lowest BCUT2D eigenvalue weighted by molar-refractivity contribution is -0.138. The molecule has 0 amide bonds. The van der Waals surface area contributed by atoms with E-state index >= 15 is 4.39 Å². The van der Waals surface area contributed by atoms with Crippen LogP contribution in [0.1, 0.15) is 30.9 Å². The third kappa shape index (κ3) is 2.82. The van der Waals surface area contributed by atoms with Gasteiger partial charge in [-0.25, -0.2) is 9.18 Å². The van der Waals surface area contributed by atoms with Crippen LogP contribution in [0, 0.1) is 5.82 Å². The number of halogens is 2. The largest absolute Gasteiger partial charge is 0.463 e. The molecular formula is C24H20ClFN2O3. The molecule has 0 bridgehead atoms. The molecule has 1 atom stereocenters. The van der Waals surface area contributed by atoms with Gasteiger partial charge in [0.15, 0.2) is 5.43 Å². The highest BCUT2D eigenvalue weighted by molar-refractivity contribution is 6.31. The summed E-state index contributed by atoms with van der Waals surface area (Å²) in [6, 6.07) is 11.4. The highest BCUT2D eigenvalue weighted by atomic mass is 35.5. The van der Waals surface area contributed by atoms with E-state index in [9.17, 15) is 9.59 Å². The number of esters is 1. The van der Waals surface area contributed by atoms with E-state index in [1.807, 2.05) is 16.4 Å². The molecule has 2 aliphatic rings. The number of rotatable bonds is 3. The van der Waals surface area contributed by atoms with Gasteiger partial charge in [0, 0.05) is 34.8 Å². The third-order valence-corrected chi connectivity index (χ3v) is 6.36. The minimum Gasteiger partial charge on any atom is -0.463 e. The van der Waals surface area contributed by atoms with Gasteiger partial charge < -0.3 is 14.2 Å². The van der Waals surface area contributed by atoms with Crippen LogP contribution >= 0.6 is 11.6 Å². The van der Waals surface area contributed by atoms with Crippen molar-refractivity contribution in [1.29, 1.82) is 0 Å². The maximum atomic E-state index is 15.0. The standard InChI is InChI=1S/C24H20ClFN2O3/c1-3-31-24(30)19-13(2)27-10-11-28-18-12-14(25)8-9-16(18)22(29)21(23(27)28)20(19)15-6-4-5-7-17(15)26/h4-9,12,20H,3,10-11H2,1-2H3. The molecule has 5 nitrogen and oxygen atoms in total. The maximum Gasteiger partial charge on any atom is 0.336 e. The quantitative estimate of drug-likeness (QED) is 0.561. The lowest BCUT2D eigenvalue weighted by atomic mass is 9.80. The molecule has 0 radical (unpaired) electrons. The summed E-state index contributed by atoms with van der Waals surface area (Å²) >= 11 is 6.22.